The lowest BCUT2D eigenvalue weighted by atomic mass is 10.1. The minimum Gasteiger partial charge on any atom is -0.472 e. The number of anilines is 1. The molecule has 3 aliphatic heterocycles. The first-order chi connectivity index (χ1) is 15.1. The summed E-state index contributed by atoms with van der Waals surface area (Å²) in [6.07, 6.45) is 6.33. The van der Waals surface area contributed by atoms with Crippen molar-refractivity contribution in [1.82, 2.24) is 24.6 Å². The number of alkyl halides is 2. The summed E-state index contributed by atoms with van der Waals surface area (Å²) in [5, 5.41) is 4.73. The van der Waals surface area contributed by atoms with Crippen LogP contribution in [0.25, 0.3) is 16.9 Å². The molecule has 0 aliphatic carbocycles. The summed E-state index contributed by atoms with van der Waals surface area (Å²) < 4.78 is 34.6. The molecule has 7 nitrogen and oxygen atoms in total. The van der Waals surface area contributed by atoms with Gasteiger partial charge in [0.1, 0.15) is 18.1 Å². The summed E-state index contributed by atoms with van der Waals surface area (Å²) >= 11 is 0. The number of rotatable bonds is 3. The summed E-state index contributed by atoms with van der Waals surface area (Å²) in [5.74, 6) is -1.07. The van der Waals surface area contributed by atoms with E-state index in [-0.39, 0.29) is 19.0 Å². The van der Waals surface area contributed by atoms with Gasteiger partial charge in [0.2, 0.25) is 5.88 Å². The Morgan fingerprint density at radius 1 is 1.13 bits per heavy atom. The molecule has 31 heavy (non-hydrogen) atoms. The molecule has 3 aromatic heterocycles. The lowest BCUT2D eigenvalue weighted by Crippen LogP contribution is -2.37. The highest BCUT2D eigenvalue weighted by atomic mass is 19.3. The minimum absolute atomic E-state index is 0.0319. The summed E-state index contributed by atoms with van der Waals surface area (Å²) in [7, 11) is 0. The van der Waals surface area contributed by atoms with Crippen molar-refractivity contribution >= 4 is 5.82 Å². The third kappa shape index (κ3) is 3.33. The maximum Gasteiger partial charge on any atom is 0.261 e. The van der Waals surface area contributed by atoms with E-state index >= 15 is 0 Å². The molecular formula is C22H22F2N6O. The van der Waals surface area contributed by atoms with Crippen molar-refractivity contribution < 1.29 is 13.5 Å². The molecule has 9 heteroatoms. The molecule has 1 atom stereocenters. The Hall–Kier alpha value is -3.07. The second kappa shape index (κ2) is 6.98. The van der Waals surface area contributed by atoms with Crippen LogP contribution in [0.3, 0.4) is 0 Å². The van der Waals surface area contributed by atoms with Gasteiger partial charge in [-0.2, -0.15) is 5.10 Å². The Kier molecular flexibility index (Phi) is 4.21. The zero-order valence-corrected chi connectivity index (χ0v) is 16.9. The monoisotopic (exact) mass is 424 g/mol. The highest BCUT2D eigenvalue weighted by molar-refractivity contribution is 5.69. The van der Waals surface area contributed by atoms with E-state index in [1.165, 1.54) is 0 Å². The van der Waals surface area contributed by atoms with Crippen molar-refractivity contribution in [2.24, 2.45) is 0 Å². The van der Waals surface area contributed by atoms with Gasteiger partial charge >= 0.3 is 0 Å². The molecule has 3 aliphatic rings. The number of likely N-dealkylation sites (tertiary alicyclic amines) is 1. The third-order valence-corrected chi connectivity index (χ3v) is 6.38. The molecule has 160 valence electrons. The smallest absolute Gasteiger partial charge is 0.261 e. The van der Waals surface area contributed by atoms with E-state index in [9.17, 15) is 8.78 Å². The molecule has 0 aromatic carbocycles. The second-order valence-electron chi connectivity index (χ2n) is 8.43. The Balaban J connectivity index is 1.18. The van der Waals surface area contributed by atoms with Crippen molar-refractivity contribution in [2.75, 3.05) is 31.1 Å². The number of halogens is 2. The van der Waals surface area contributed by atoms with Crippen LogP contribution in [0.4, 0.5) is 14.6 Å². The molecule has 0 bridgehead atoms. The predicted octanol–water partition coefficient (Wildman–Crippen LogP) is 3.14. The van der Waals surface area contributed by atoms with Crippen LogP contribution >= 0.6 is 0 Å². The Morgan fingerprint density at radius 2 is 2.06 bits per heavy atom. The lowest BCUT2D eigenvalue weighted by molar-refractivity contribution is 0.00859. The topological polar surface area (TPSA) is 59.3 Å². The Bertz CT molecular complexity index is 1120. The zero-order valence-electron chi connectivity index (χ0n) is 16.9. The summed E-state index contributed by atoms with van der Waals surface area (Å²) in [5.41, 5.74) is 3.64. The molecule has 2 saturated heterocycles. The van der Waals surface area contributed by atoms with Crippen LogP contribution in [0.2, 0.25) is 0 Å². The summed E-state index contributed by atoms with van der Waals surface area (Å²) in [6.45, 7) is 2.36. The first-order valence-electron chi connectivity index (χ1n) is 10.6. The fourth-order valence-corrected chi connectivity index (χ4v) is 4.73. The Labute approximate surface area is 178 Å². The number of pyridine rings is 2. The lowest BCUT2D eigenvalue weighted by Gasteiger charge is -2.24. The molecule has 6 heterocycles. The summed E-state index contributed by atoms with van der Waals surface area (Å²) in [6, 6.07) is 7.96. The second-order valence-corrected chi connectivity index (χ2v) is 8.43. The standard InChI is InChI=1S/C22H22F2N6O/c23-22(24)6-9-29(14-22)17-5-8-28(12-17)19-4-3-16(10-26-19)30-11-15-13-31-21-18(20(15)27-30)2-1-7-25-21/h1-4,7,10-11,17H,5-6,8-9,12-14H2. The van der Waals surface area contributed by atoms with E-state index in [1.807, 2.05) is 40.0 Å². The van der Waals surface area contributed by atoms with Crippen LogP contribution < -0.4 is 9.64 Å². The predicted molar refractivity (Wildman–Crippen MR) is 111 cm³/mol. The first kappa shape index (κ1) is 18.7. The van der Waals surface area contributed by atoms with Crippen LogP contribution in [0.1, 0.15) is 18.4 Å². The molecule has 0 saturated carbocycles. The van der Waals surface area contributed by atoms with Gasteiger partial charge in [0, 0.05) is 50.1 Å². The van der Waals surface area contributed by atoms with E-state index in [2.05, 4.69) is 14.9 Å². The molecule has 0 N–H and O–H groups in total. The molecule has 0 spiro atoms. The van der Waals surface area contributed by atoms with Gasteiger partial charge in [-0.05, 0) is 30.7 Å². The summed E-state index contributed by atoms with van der Waals surface area (Å²) in [4.78, 5) is 13.0. The fraction of sp³-hybridized carbons (Fsp3) is 0.409. The fourth-order valence-electron chi connectivity index (χ4n) is 4.73. The van der Waals surface area contributed by atoms with Gasteiger partial charge in [-0.25, -0.2) is 23.4 Å². The van der Waals surface area contributed by atoms with E-state index < -0.39 is 5.92 Å². The van der Waals surface area contributed by atoms with E-state index in [0.717, 1.165) is 47.8 Å². The van der Waals surface area contributed by atoms with Gasteiger partial charge in [-0.15, -0.1) is 0 Å². The molecule has 3 aromatic rings. The van der Waals surface area contributed by atoms with E-state index in [4.69, 9.17) is 9.84 Å². The number of ether oxygens (including phenoxy) is 1. The van der Waals surface area contributed by atoms with Gasteiger partial charge in [0.15, 0.2) is 0 Å². The number of aromatic nitrogens is 4. The van der Waals surface area contributed by atoms with Crippen molar-refractivity contribution in [2.45, 2.75) is 31.4 Å². The number of nitrogens with zero attached hydrogens (tertiary/aromatic N) is 6. The number of fused-ring (bicyclic) bond motifs is 3. The average molecular weight is 424 g/mol. The van der Waals surface area contributed by atoms with Crippen LogP contribution in [0, 0.1) is 0 Å². The number of hydrogen-bond acceptors (Lipinski definition) is 6. The van der Waals surface area contributed by atoms with E-state index in [1.54, 1.807) is 12.4 Å². The van der Waals surface area contributed by atoms with Crippen molar-refractivity contribution in [1.29, 1.82) is 0 Å². The van der Waals surface area contributed by atoms with E-state index in [0.29, 0.717) is 19.0 Å². The molecule has 0 amide bonds. The quantitative estimate of drug-likeness (QED) is 0.644. The first-order valence-corrected chi connectivity index (χ1v) is 10.6. The average Bonchev–Trinajstić information content (AvgIpc) is 3.51. The van der Waals surface area contributed by atoms with Crippen LogP contribution in [0.15, 0.2) is 42.9 Å². The Morgan fingerprint density at radius 3 is 2.87 bits per heavy atom. The van der Waals surface area contributed by atoms with Gasteiger partial charge in [0.05, 0.1) is 24.0 Å². The van der Waals surface area contributed by atoms with Gasteiger partial charge in [0.25, 0.3) is 5.92 Å². The normalized spacial score (nSPS) is 22.3. The highest BCUT2D eigenvalue weighted by Gasteiger charge is 2.42. The van der Waals surface area contributed by atoms with Crippen molar-refractivity contribution in [3.8, 4) is 22.8 Å². The SMILES string of the molecule is FC1(F)CCN(C2CCN(c3ccc(-n4cc5c(n4)-c4cccnc4OC5)cn3)C2)C1. The van der Waals surface area contributed by atoms with Crippen LogP contribution in [0.5, 0.6) is 5.88 Å². The molecule has 0 radical (unpaired) electrons. The maximum absolute atomic E-state index is 13.6. The third-order valence-electron chi connectivity index (χ3n) is 6.38. The zero-order chi connectivity index (χ0) is 21.0. The van der Waals surface area contributed by atoms with Crippen molar-refractivity contribution in [3.05, 3.63) is 48.4 Å². The van der Waals surface area contributed by atoms with Gasteiger partial charge in [-0.1, -0.05) is 0 Å². The number of hydrogen-bond donors (Lipinski definition) is 0. The van der Waals surface area contributed by atoms with Crippen LogP contribution in [-0.2, 0) is 6.61 Å². The minimum atomic E-state index is -2.54. The maximum atomic E-state index is 13.6. The molecular weight excluding hydrogens is 402 g/mol. The molecule has 1 unspecified atom stereocenters. The van der Waals surface area contributed by atoms with Gasteiger partial charge in [-0.3, -0.25) is 4.90 Å². The molecule has 2 fully saturated rings. The van der Waals surface area contributed by atoms with Gasteiger partial charge < -0.3 is 9.64 Å². The highest BCUT2D eigenvalue weighted by Crippen LogP contribution is 2.35. The largest absolute Gasteiger partial charge is 0.472 e. The molecule has 6 rings (SSSR count). The van der Waals surface area contributed by atoms with Crippen LogP contribution in [-0.4, -0.2) is 62.8 Å². The van der Waals surface area contributed by atoms with Crippen molar-refractivity contribution in [3.63, 3.8) is 0 Å².